The molecule has 11 rings (SSSR count). The van der Waals surface area contributed by atoms with E-state index in [4.69, 9.17) is 19.9 Å². The van der Waals surface area contributed by atoms with Crippen molar-refractivity contribution in [2.45, 2.75) is 13.8 Å². The Morgan fingerprint density at radius 2 is 0.676 bits per heavy atom. The molecular weight excluding hydrogens is 825 g/mol. The van der Waals surface area contributed by atoms with Crippen molar-refractivity contribution in [2.24, 2.45) is 0 Å². The quantitative estimate of drug-likeness (QED) is 0.137. The second kappa shape index (κ2) is 18.6. The molecule has 0 spiro atoms. The predicted octanol–water partition coefficient (Wildman–Crippen LogP) is 16.6. The molecule has 3 aromatic heterocycles. The second-order valence-electron chi connectivity index (χ2n) is 17.2. The van der Waals surface area contributed by atoms with Gasteiger partial charge in [0.15, 0.2) is 5.82 Å². The van der Waals surface area contributed by atoms with Crippen LogP contribution in [0.5, 0.6) is 0 Å². The molecule has 0 fully saturated rings. The molecule has 0 amide bonds. The van der Waals surface area contributed by atoms with Crippen LogP contribution in [-0.2, 0) is 0 Å². The molecule has 4 heteroatoms. The molecule has 0 aliphatic carbocycles. The molecule has 0 unspecified atom stereocenters. The maximum Gasteiger partial charge on any atom is 0.160 e. The summed E-state index contributed by atoms with van der Waals surface area (Å²) < 4.78 is 0. The number of nitrogens with zero attached hydrogens (tertiary/aromatic N) is 4. The first kappa shape index (κ1) is 41.8. The van der Waals surface area contributed by atoms with E-state index in [1.807, 2.05) is 42.7 Å². The lowest BCUT2D eigenvalue weighted by Gasteiger charge is -2.22. The summed E-state index contributed by atoms with van der Waals surface area (Å²) >= 11 is 0. The molecule has 0 N–H and O–H groups in total. The van der Waals surface area contributed by atoms with Gasteiger partial charge in [-0.05, 0) is 112 Å². The zero-order chi connectivity index (χ0) is 45.8. The van der Waals surface area contributed by atoms with Gasteiger partial charge in [0.2, 0.25) is 0 Å². The first-order chi connectivity index (χ1) is 33.5. The van der Waals surface area contributed by atoms with Gasteiger partial charge in [0.25, 0.3) is 0 Å². The minimum Gasteiger partial charge on any atom is -0.256 e. The third kappa shape index (κ3) is 8.55. The van der Waals surface area contributed by atoms with E-state index >= 15 is 0 Å². The van der Waals surface area contributed by atoms with Crippen molar-refractivity contribution in [2.75, 3.05) is 0 Å². The van der Waals surface area contributed by atoms with Gasteiger partial charge in [-0.2, -0.15) is 0 Å². The fraction of sp³-hybridized carbons (Fsp3) is 0.0312. The summed E-state index contributed by atoms with van der Waals surface area (Å²) in [5.41, 5.74) is 21.5. The first-order valence-electron chi connectivity index (χ1n) is 23.0. The Kier molecular flexibility index (Phi) is 11.4. The molecule has 0 atom stereocenters. The molecule has 0 saturated heterocycles. The summed E-state index contributed by atoms with van der Waals surface area (Å²) in [6.07, 6.45) is 3.71. The second-order valence-corrected chi connectivity index (χ2v) is 17.2. The fourth-order valence-corrected chi connectivity index (χ4v) is 9.32. The number of pyridine rings is 2. The Balaban J connectivity index is 1.25. The molecular formula is C64H46N4. The molecule has 0 saturated carbocycles. The van der Waals surface area contributed by atoms with Gasteiger partial charge in [-0.1, -0.05) is 193 Å². The van der Waals surface area contributed by atoms with E-state index < -0.39 is 0 Å². The number of hydrogen-bond donors (Lipinski definition) is 0. The highest BCUT2D eigenvalue weighted by molar-refractivity contribution is 6.01. The Morgan fingerprint density at radius 1 is 0.265 bits per heavy atom. The molecule has 0 bridgehead atoms. The molecule has 322 valence electrons. The molecule has 68 heavy (non-hydrogen) atoms. The predicted molar refractivity (Wildman–Crippen MR) is 281 cm³/mol. The summed E-state index contributed by atoms with van der Waals surface area (Å²) in [7, 11) is 0. The van der Waals surface area contributed by atoms with E-state index in [0.29, 0.717) is 5.82 Å². The number of rotatable bonds is 10. The monoisotopic (exact) mass is 870 g/mol. The van der Waals surface area contributed by atoms with Crippen LogP contribution < -0.4 is 0 Å². The van der Waals surface area contributed by atoms with Gasteiger partial charge < -0.3 is 0 Å². The Morgan fingerprint density at radius 3 is 1.12 bits per heavy atom. The van der Waals surface area contributed by atoms with Crippen molar-refractivity contribution in [1.82, 2.24) is 19.9 Å². The lowest BCUT2D eigenvalue weighted by atomic mass is 9.85. The summed E-state index contributed by atoms with van der Waals surface area (Å²) in [6.45, 7) is 4.33. The topological polar surface area (TPSA) is 51.6 Å². The highest BCUT2D eigenvalue weighted by atomic mass is 14.9. The molecule has 11 aromatic rings. The molecule has 4 nitrogen and oxygen atoms in total. The van der Waals surface area contributed by atoms with Crippen molar-refractivity contribution in [3.05, 3.63) is 254 Å². The molecule has 0 aliphatic rings. The van der Waals surface area contributed by atoms with E-state index in [1.165, 1.54) is 0 Å². The van der Waals surface area contributed by atoms with Gasteiger partial charge in [-0.25, -0.2) is 9.97 Å². The van der Waals surface area contributed by atoms with Crippen molar-refractivity contribution in [1.29, 1.82) is 0 Å². The van der Waals surface area contributed by atoms with Crippen molar-refractivity contribution in [3.63, 3.8) is 0 Å². The largest absolute Gasteiger partial charge is 0.256 e. The molecule has 3 heterocycles. The van der Waals surface area contributed by atoms with E-state index in [-0.39, 0.29) is 0 Å². The fourth-order valence-electron chi connectivity index (χ4n) is 9.32. The van der Waals surface area contributed by atoms with Crippen LogP contribution in [0.15, 0.2) is 243 Å². The average molecular weight is 871 g/mol. The van der Waals surface area contributed by atoms with Crippen LogP contribution in [0.4, 0.5) is 0 Å². The number of aromatic nitrogens is 4. The van der Waals surface area contributed by atoms with Crippen LogP contribution in [-0.4, -0.2) is 19.9 Å². The lowest BCUT2D eigenvalue weighted by molar-refractivity contribution is 1.18. The van der Waals surface area contributed by atoms with Gasteiger partial charge in [0.05, 0.1) is 22.8 Å². The van der Waals surface area contributed by atoms with Gasteiger partial charge in [0, 0.05) is 45.8 Å². The van der Waals surface area contributed by atoms with Crippen molar-refractivity contribution in [3.8, 4) is 112 Å². The molecule has 0 aliphatic heterocycles. The third-order valence-electron chi connectivity index (χ3n) is 12.5. The number of hydrogen-bond acceptors (Lipinski definition) is 4. The van der Waals surface area contributed by atoms with E-state index in [2.05, 4.69) is 214 Å². The van der Waals surface area contributed by atoms with Crippen LogP contribution >= 0.6 is 0 Å². The van der Waals surface area contributed by atoms with Crippen LogP contribution in [0.25, 0.3) is 112 Å². The first-order valence-corrected chi connectivity index (χ1v) is 23.0. The smallest absolute Gasteiger partial charge is 0.160 e. The molecule has 8 aromatic carbocycles. The van der Waals surface area contributed by atoms with Gasteiger partial charge >= 0.3 is 0 Å². The summed E-state index contributed by atoms with van der Waals surface area (Å²) in [6, 6.07) is 81.5. The summed E-state index contributed by atoms with van der Waals surface area (Å²) in [5, 5.41) is 0. The number of benzene rings is 8. The van der Waals surface area contributed by atoms with Crippen LogP contribution in [0.2, 0.25) is 0 Å². The van der Waals surface area contributed by atoms with E-state index in [1.54, 1.807) is 0 Å². The summed E-state index contributed by atoms with van der Waals surface area (Å²) in [5.74, 6) is 0.638. The SMILES string of the molecule is Cc1cc(C)cc(-c2c(-c3ccc(-c4ccccn4)cc3-c3cccc(-c4ccccc4)c3)nc(-c3ccccc3)nc2-c2ccc(-c3ccccn3)cc2-c2cccc(-c3ccccc3)c2)c1. The zero-order valence-corrected chi connectivity index (χ0v) is 37.9. The highest BCUT2D eigenvalue weighted by Gasteiger charge is 2.26. The Bertz CT molecular complexity index is 3340. The van der Waals surface area contributed by atoms with Gasteiger partial charge in [-0.3, -0.25) is 9.97 Å². The van der Waals surface area contributed by atoms with Crippen LogP contribution in [0.1, 0.15) is 11.1 Å². The minimum atomic E-state index is 0.638. The Labute approximate surface area is 398 Å². The maximum absolute atomic E-state index is 5.69. The third-order valence-corrected chi connectivity index (χ3v) is 12.5. The lowest BCUT2D eigenvalue weighted by Crippen LogP contribution is -2.03. The average Bonchev–Trinajstić information content (AvgIpc) is 3.41. The van der Waals surface area contributed by atoms with E-state index in [0.717, 1.165) is 117 Å². The van der Waals surface area contributed by atoms with Crippen LogP contribution in [0, 0.1) is 13.8 Å². The highest BCUT2D eigenvalue weighted by Crippen LogP contribution is 2.47. The molecule has 0 radical (unpaired) electrons. The maximum atomic E-state index is 5.69. The van der Waals surface area contributed by atoms with Gasteiger partial charge in [-0.15, -0.1) is 0 Å². The normalized spacial score (nSPS) is 11.1. The zero-order valence-electron chi connectivity index (χ0n) is 37.9. The van der Waals surface area contributed by atoms with Gasteiger partial charge in [0.1, 0.15) is 0 Å². The number of aryl methyl sites for hydroxylation is 2. The summed E-state index contributed by atoms with van der Waals surface area (Å²) in [4.78, 5) is 21.0. The van der Waals surface area contributed by atoms with Crippen molar-refractivity contribution < 1.29 is 0 Å². The van der Waals surface area contributed by atoms with E-state index in [9.17, 15) is 0 Å². The van der Waals surface area contributed by atoms with Crippen LogP contribution in [0.3, 0.4) is 0 Å². The van der Waals surface area contributed by atoms with Crippen molar-refractivity contribution >= 4 is 0 Å². The Hall–Kier alpha value is -8.86. The standard InChI is InChI=1S/C64H46N4/c1-43-36-44(2)38-54(37-43)61-62(55-32-30-52(59-28-12-14-34-65-59)41-57(55)50-26-16-24-48(39-50)45-18-6-3-7-19-45)67-64(47-22-10-5-11-23-47)68-63(61)56-33-31-53(60-29-13-15-35-66-60)42-58(56)51-27-17-25-49(40-51)46-20-8-4-9-21-46/h3-42H,1-2H3. The minimum absolute atomic E-state index is 0.638.